The second kappa shape index (κ2) is 5.50. The average molecular weight is 214 g/mol. The van der Waals surface area contributed by atoms with E-state index in [2.05, 4.69) is 13.8 Å². The SMILES string of the molecule is CCOC(=O)[C@@H]1[C@@H](C(C)C)CCC[C@@H]1O. The van der Waals surface area contributed by atoms with Gasteiger partial charge in [0.05, 0.1) is 18.6 Å². The van der Waals surface area contributed by atoms with E-state index in [9.17, 15) is 9.90 Å². The third-order valence-corrected chi connectivity index (χ3v) is 3.33. The smallest absolute Gasteiger partial charge is 0.311 e. The maximum atomic E-state index is 11.7. The summed E-state index contributed by atoms with van der Waals surface area (Å²) in [5.41, 5.74) is 0. The lowest BCUT2D eigenvalue weighted by Gasteiger charge is -2.36. The number of hydrogen-bond acceptors (Lipinski definition) is 3. The highest BCUT2D eigenvalue weighted by Crippen LogP contribution is 2.36. The zero-order valence-corrected chi connectivity index (χ0v) is 9.90. The third kappa shape index (κ3) is 2.94. The Kier molecular flexibility index (Phi) is 4.58. The van der Waals surface area contributed by atoms with E-state index in [1.165, 1.54) is 0 Å². The number of aliphatic hydroxyl groups is 1. The molecule has 0 bridgehead atoms. The monoisotopic (exact) mass is 214 g/mol. The first-order valence-electron chi connectivity index (χ1n) is 5.92. The Morgan fingerprint density at radius 1 is 1.47 bits per heavy atom. The van der Waals surface area contributed by atoms with E-state index in [4.69, 9.17) is 4.74 Å². The molecule has 0 heterocycles. The first-order chi connectivity index (χ1) is 7.07. The molecule has 1 saturated carbocycles. The first kappa shape index (κ1) is 12.5. The highest BCUT2D eigenvalue weighted by Gasteiger charge is 2.39. The summed E-state index contributed by atoms with van der Waals surface area (Å²) in [6.07, 6.45) is 2.26. The molecule has 0 aliphatic heterocycles. The lowest BCUT2D eigenvalue weighted by atomic mass is 9.72. The molecule has 0 aromatic carbocycles. The van der Waals surface area contributed by atoms with Crippen molar-refractivity contribution in [2.45, 2.75) is 46.1 Å². The quantitative estimate of drug-likeness (QED) is 0.731. The summed E-state index contributed by atoms with van der Waals surface area (Å²) < 4.78 is 5.03. The Bertz CT molecular complexity index is 213. The molecule has 1 fully saturated rings. The summed E-state index contributed by atoms with van der Waals surface area (Å²) in [6.45, 7) is 6.41. The molecule has 0 saturated heterocycles. The van der Waals surface area contributed by atoms with Crippen LogP contribution >= 0.6 is 0 Å². The number of carbonyl (C=O) groups is 1. The van der Waals surface area contributed by atoms with Crippen LogP contribution in [0.2, 0.25) is 0 Å². The highest BCUT2D eigenvalue weighted by molar-refractivity contribution is 5.73. The van der Waals surface area contributed by atoms with Gasteiger partial charge in [0.2, 0.25) is 0 Å². The van der Waals surface area contributed by atoms with E-state index in [1.807, 2.05) is 0 Å². The summed E-state index contributed by atoms with van der Waals surface area (Å²) in [5.74, 6) is 0.171. The van der Waals surface area contributed by atoms with Crippen LogP contribution in [0.15, 0.2) is 0 Å². The number of aliphatic hydroxyl groups excluding tert-OH is 1. The van der Waals surface area contributed by atoms with Crippen LogP contribution in [-0.4, -0.2) is 23.8 Å². The molecule has 1 aliphatic rings. The van der Waals surface area contributed by atoms with Crippen LogP contribution in [0, 0.1) is 17.8 Å². The summed E-state index contributed by atoms with van der Waals surface area (Å²) in [4.78, 5) is 11.7. The van der Waals surface area contributed by atoms with E-state index in [-0.39, 0.29) is 17.8 Å². The van der Waals surface area contributed by atoms with Crippen molar-refractivity contribution in [1.82, 2.24) is 0 Å². The van der Waals surface area contributed by atoms with Crippen molar-refractivity contribution in [3.63, 3.8) is 0 Å². The van der Waals surface area contributed by atoms with Crippen molar-refractivity contribution < 1.29 is 14.6 Å². The summed E-state index contributed by atoms with van der Waals surface area (Å²) in [7, 11) is 0. The van der Waals surface area contributed by atoms with Gasteiger partial charge in [-0.05, 0) is 31.6 Å². The predicted octanol–water partition coefficient (Wildman–Crippen LogP) is 1.98. The second-order valence-electron chi connectivity index (χ2n) is 4.68. The molecule has 0 radical (unpaired) electrons. The zero-order valence-electron chi connectivity index (χ0n) is 9.90. The van der Waals surface area contributed by atoms with Crippen LogP contribution in [-0.2, 0) is 9.53 Å². The lowest BCUT2D eigenvalue weighted by molar-refractivity contribution is -0.158. The Hall–Kier alpha value is -0.570. The number of carbonyl (C=O) groups excluding carboxylic acids is 1. The van der Waals surface area contributed by atoms with Crippen molar-refractivity contribution in [2.24, 2.45) is 17.8 Å². The number of ether oxygens (including phenoxy) is 1. The fourth-order valence-corrected chi connectivity index (χ4v) is 2.53. The van der Waals surface area contributed by atoms with Crippen molar-refractivity contribution >= 4 is 5.97 Å². The molecule has 0 spiro atoms. The molecule has 1 aliphatic carbocycles. The minimum absolute atomic E-state index is 0.219. The molecule has 88 valence electrons. The molecule has 3 heteroatoms. The maximum absolute atomic E-state index is 11.7. The Balaban J connectivity index is 2.72. The molecule has 3 atom stereocenters. The van der Waals surface area contributed by atoms with Crippen molar-refractivity contribution in [2.75, 3.05) is 6.61 Å². The van der Waals surface area contributed by atoms with Gasteiger partial charge in [-0.1, -0.05) is 20.3 Å². The van der Waals surface area contributed by atoms with Crippen LogP contribution < -0.4 is 0 Å². The van der Waals surface area contributed by atoms with Gasteiger partial charge in [-0.15, -0.1) is 0 Å². The first-order valence-corrected chi connectivity index (χ1v) is 5.92. The van der Waals surface area contributed by atoms with Crippen molar-refractivity contribution in [3.8, 4) is 0 Å². The standard InChI is InChI=1S/C12H22O3/c1-4-15-12(14)11-9(8(2)3)6-5-7-10(11)13/h8-11,13H,4-7H2,1-3H3/t9-,10+,11-/m1/s1. The minimum atomic E-state index is -0.509. The second-order valence-corrected chi connectivity index (χ2v) is 4.68. The van der Waals surface area contributed by atoms with Gasteiger partial charge in [0, 0.05) is 0 Å². The molecule has 1 N–H and O–H groups in total. The molecule has 3 nitrogen and oxygen atoms in total. The summed E-state index contributed by atoms with van der Waals surface area (Å²) in [6, 6.07) is 0. The Labute approximate surface area is 91.8 Å². The maximum Gasteiger partial charge on any atom is 0.311 e. The topological polar surface area (TPSA) is 46.5 Å². The summed E-state index contributed by atoms with van der Waals surface area (Å²) >= 11 is 0. The van der Waals surface area contributed by atoms with E-state index in [1.54, 1.807) is 6.92 Å². The van der Waals surface area contributed by atoms with E-state index in [0.29, 0.717) is 12.5 Å². The molecule has 0 amide bonds. The summed E-state index contributed by atoms with van der Waals surface area (Å²) in [5, 5.41) is 9.88. The lowest BCUT2D eigenvalue weighted by Crippen LogP contribution is -2.41. The van der Waals surface area contributed by atoms with Crippen LogP contribution in [0.25, 0.3) is 0 Å². The normalized spacial score (nSPS) is 31.7. The molecular weight excluding hydrogens is 192 g/mol. The predicted molar refractivity (Wildman–Crippen MR) is 58.3 cm³/mol. The average Bonchev–Trinajstić information content (AvgIpc) is 2.17. The zero-order chi connectivity index (χ0) is 11.4. The molecular formula is C12H22O3. The van der Waals surface area contributed by atoms with Gasteiger partial charge in [0.15, 0.2) is 0 Å². The van der Waals surface area contributed by atoms with Gasteiger partial charge >= 0.3 is 5.97 Å². The minimum Gasteiger partial charge on any atom is -0.466 e. The molecule has 0 aromatic rings. The van der Waals surface area contributed by atoms with E-state index in [0.717, 1.165) is 19.3 Å². The number of hydrogen-bond donors (Lipinski definition) is 1. The molecule has 15 heavy (non-hydrogen) atoms. The van der Waals surface area contributed by atoms with Gasteiger partial charge < -0.3 is 9.84 Å². The fourth-order valence-electron chi connectivity index (χ4n) is 2.53. The third-order valence-electron chi connectivity index (χ3n) is 3.33. The van der Waals surface area contributed by atoms with Crippen LogP contribution in [0.3, 0.4) is 0 Å². The van der Waals surface area contributed by atoms with Gasteiger partial charge in [-0.25, -0.2) is 0 Å². The van der Waals surface area contributed by atoms with E-state index >= 15 is 0 Å². The van der Waals surface area contributed by atoms with Crippen LogP contribution in [0.4, 0.5) is 0 Å². The largest absolute Gasteiger partial charge is 0.466 e. The Morgan fingerprint density at radius 3 is 2.67 bits per heavy atom. The van der Waals surface area contributed by atoms with Gasteiger partial charge in [-0.2, -0.15) is 0 Å². The van der Waals surface area contributed by atoms with E-state index < -0.39 is 6.10 Å². The van der Waals surface area contributed by atoms with Gasteiger partial charge in [0.25, 0.3) is 0 Å². The van der Waals surface area contributed by atoms with Crippen molar-refractivity contribution in [1.29, 1.82) is 0 Å². The Morgan fingerprint density at radius 2 is 2.13 bits per heavy atom. The molecule has 0 unspecified atom stereocenters. The van der Waals surface area contributed by atoms with Gasteiger partial charge in [-0.3, -0.25) is 4.79 Å². The fraction of sp³-hybridized carbons (Fsp3) is 0.917. The van der Waals surface area contributed by atoms with Crippen LogP contribution in [0.1, 0.15) is 40.0 Å². The molecule has 1 rings (SSSR count). The van der Waals surface area contributed by atoms with Crippen LogP contribution in [0.5, 0.6) is 0 Å². The van der Waals surface area contributed by atoms with Crippen molar-refractivity contribution in [3.05, 3.63) is 0 Å². The number of esters is 1. The number of rotatable bonds is 3. The molecule has 0 aromatic heterocycles. The van der Waals surface area contributed by atoms with Gasteiger partial charge in [0.1, 0.15) is 0 Å². The highest BCUT2D eigenvalue weighted by atomic mass is 16.5.